The molecule has 0 saturated carbocycles. The Labute approximate surface area is 70.4 Å². The third-order valence-electron chi connectivity index (χ3n) is 1.14. The summed E-state index contributed by atoms with van der Waals surface area (Å²) in [5, 5.41) is 0.973. The third-order valence-corrected chi connectivity index (χ3v) is 2.14. The molecule has 0 saturated heterocycles. The van der Waals surface area contributed by atoms with Crippen LogP contribution in [-0.4, -0.2) is 22.3 Å². The molecule has 0 aromatic carbocycles. The lowest BCUT2D eigenvalue weighted by Gasteiger charge is -1.96. The molecule has 0 bridgehead atoms. The molecule has 11 heavy (non-hydrogen) atoms. The van der Waals surface area contributed by atoms with Crippen LogP contribution in [0.15, 0.2) is 23.6 Å². The van der Waals surface area contributed by atoms with Gasteiger partial charge in [-0.05, 0) is 13.0 Å². The number of rotatable bonds is 4. The molecule has 1 rings (SSSR count). The van der Waals surface area contributed by atoms with Crippen molar-refractivity contribution in [2.75, 3.05) is 12.3 Å². The summed E-state index contributed by atoms with van der Waals surface area (Å²) in [7, 11) is 0. The fraction of sp³-hybridized carbons (Fsp3) is 0.429. The zero-order chi connectivity index (χ0) is 7.94. The minimum atomic E-state index is 0.743. The Morgan fingerprint density at radius 1 is 1.45 bits per heavy atom. The smallest absolute Gasteiger partial charge is 0.114 e. The van der Waals surface area contributed by atoms with Gasteiger partial charge in [-0.25, -0.2) is 4.98 Å². The monoisotopic (exact) mass is 169 g/mol. The number of thioether (sulfide) groups is 1. The van der Waals surface area contributed by atoms with Crippen LogP contribution in [0.3, 0.4) is 0 Å². The molecule has 0 radical (unpaired) electrons. The molecule has 0 aliphatic rings. The maximum absolute atomic E-state index is 5.34. The number of hydrogen-bond donors (Lipinski definition) is 1. The van der Waals surface area contributed by atoms with E-state index in [1.807, 2.05) is 0 Å². The fourth-order valence-electron chi connectivity index (χ4n) is 0.620. The molecule has 4 heteroatoms. The molecular formula is C7H11N3S. The molecule has 0 aliphatic heterocycles. The van der Waals surface area contributed by atoms with Crippen LogP contribution in [0.1, 0.15) is 6.42 Å². The standard InChI is InChI=1S/C7H11N3S/c8-2-1-5-11-7-6-9-3-4-10-7/h3-4,6H,1-2,5,8H2. The predicted molar refractivity (Wildman–Crippen MR) is 46.4 cm³/mol. The number of hydrogen-bond acceptors (Lipinski definition) is 4. The van der Waals surface area contributed by atoms with Crippen molar-refractivity contribution in [3.63, 3.8) is 0 Å². The van der Waals surface area contributed by atoms with Crippen molar-refractivity contribution in [1.82, 2.24) is 9.97 Å². The molecule has 3 nitrogen and oxygen atoms in total. The summed E-state index contributed by atoms with van der Waals surface area (Å²) in [5.74, 6) is 1.02. The maximum Gasteiger partial charge on any atom is 0.114 e. The van der Waals surface area contributed by atoms with Crippen LogP contribution in [0, 0.1) is 0 Å². The Balaban J connectivity index is 2.28. The normalized spacial score (nSPS) is 9.91. The van der Waals surface area contributed by atoms with Crippen molar-refractivity contribution in [1.29, 1.82) is 0 Å². The molecule has 1 aromatic rings. The van der Waals surface area contributed by atoms with Gasteiger partial charge in [-0.2, -0.15) is 0 Å². The van der Waals surface area contributed by atoms with Crippen LogP contribution >= 0.6 is 11.8 Å². The van der Waals surface area contributed by atoms with Crippen molar-refractivity contribution in [3.05, 3.63) is 18.6 Å². The van der Waals surface area contributed by atoms with Gasteiger partial charge < -0.3 is 5.73 Å². The predicted octanol–water partition coefficient (Wildman–Crippen LogP) is 0.918. The van der Waals surface area contributed by atoms with Gasteiger partial charge in [0, 0.05) is 18.1 Å². The zero-order valence-corrected chi connectivity index (χ0v) is 7.05. The third kappa shape index (κ3) is 3.34. The number of nitrogens with zero attached hydrogens (tertiary/aromatic N) is 2. The van der Waals surface area contributed by atoms with Gasteiger partial charge in [-0.1, -0.05) is 0 Å². The van der Waals surface area contributed by atoms with Gasteiger partial charge in [0.25, 0.3) is 0 Å². The van der Waals surface area contributed by atoms with E-state index in [-0.39, 0.29) is 0 Å². The summed E-state index contributed by atoms with van der Waals surface area (Å²) in [6, 6.07) is 0. The first-order valence-corrected chi connectivity index (χ1v) is 4.51. The maximum atomic E-state index is 5.34. The molecule has 60 valence electrons. The van der Waals surface area contributed by atoms with Crippen molar-refractivity contribution < 1.29 is 0 Å². The van der Waals surface area contributed by atoms with E-state index in [1.54, 1.807) is 30.4 Å². The molecule has 0 atom stereocenters. The average Bonchev–Trinajstić information content (AvgIpc) is 2.07. The van der Waals surface area contributed by atoms with Crippen LogP contribution in [0.4, 0.5) is 0 Å². The van der Waals surface area contributed by atoms with Crippen molar-refractivity contribution >= 4 is 11.8 Å². The van der Waals surface area contributed by atoms with Gasteiger partial charge in [-0.15, -0.1) is 11.8 Å². The van der Waals surface area contributed by atoms with E-state index in [9.17, 15) is 0 Å². The minimum Gasteiger partial charge on any atom is -0.330 e. The van der Waals surface area contributed by atoms with E-state index in [4.69, 9.17) is 5.73 Å². The van der Waals surface area contributed by atoms with Gasteiger partial charge in [0.15, 0.2) is 0 Å². The highest BCUT2D eigenvalue weighted by atomic mass is 32.2. The van der Waals surface area contributed by atoms with Crippen LogP contribution in [0.25, 0.3) is 0 Å². The highest BCUT2D eigenvalue weighted by molar-refractivity contribution is 7.99. The largest absolute Gasteiger partial charge is 0.330 e. The van der Waals surface area contributed by atoms with E-state index >= 15 is 0 Å². The van der Waals surface area contributed by atoms with E-state index in [2.05, 4.69) is 9.97 Å². The lowest BCUT2D eigenvalue weighted by molar-refractivity contribution is 0.939. The molecule has 0 unspecified atom stereocenters. The Kier molecular flexibility index (Phi) is 3.93. The van der Waals surface area contributed by atoms with Crippen molar-refractivity contribution in [3.8, 4) is 0 Å². The second-order valence-corrected chi connectivity index (χ2v) is 3.15. The second kappa shape index (κ2) is 5.09. The Morgan fingerprint density at radius 3 is 3.00 bits per heavy atom. The molecule has 0 aliphatic carbocycles. The average molecular weight is 169 g/mol. The summed E-state index contributed by atoms with van der Waals surface area (Å²) in [5.41, 5.74) is 5.34. The number of nitrogens with two attached hydrogens (primary N) is 1. The number of aromatic nitrogens is 2. The molecule has 1 aromatic heterocycles. The molecule has 1 heterocycles. The SMILES string of the molecule is NCCCSc1cnccn1. The Morgan fingerprint density at radius 2 is 2.36 bits per heavy atom. The summed E-state index contributed by atoms with van der Waals surface area (Å²) >= 11 is 1.69. The molecule has 2 N–H and O–H groups in total. The van der Waals surface area contributed by atoms with E-state index < -0.39 is 0 Å². The van der Waals surface area contributed by atoms with Crippen LogP contribution in [-0.2, 0) is 0 Å². The van der Waals surface area contributed by atoms with Crippen molar-refractivity contribution in [2.45, 2.75) is 11.4 Å². The van der Waals surface area contributed by atoms with Crippen LogP contribution < -0.4 is 5.73 Å². The van der Waals surface area contributed by atoms with Gasteiger partial charge >= 0.3 is 0 Å². The minimum absolute atomic E-state index is 0.743. The summed E-state index contributed by atoms with van der Waals surface area (Å²) < 4.78 is 0. The summed E-state index contributed by atoms with van der Waals surface area (Å²) in [6.07, 6.45) is 6.17. The van der Waals surface area contributed by atoms with Gasteiger partial charge in [0.05, 0.1) is 6.20 Å². The zero-order valence-electron chi connectivity index (χ0n) is 6.23. The summed E-state index contributed by atoms with van der Waals surface area (Å²) in [6.45, 7) is 0.743. The fourth-order valence-corrected chi connectivity index (χ4v) is 1.41. The Bertz CT molecular complexity index is 190. The highest BCUT2D eigenvalue weighted by Gasteiger charge is 1.92. The quantitative estimate of drug-likeness (QED) is 0.538. The molecule has 0 spiro atoms. The Hall–Kier alpha value is -0.610. The van der Waals surface area contributed by atoms with Gasteiger partial charge in [-0.3, -0.25) is 4.98 Å². The lowest BCUT2D eigenvalue weighted by Crippen LogP contribution is -1.99. The lowest BCUT2D eigenvalue weighted by atomic mass is 10.5. The van der Waals surface area contributed by atoms with E-state index in [0.29, 0.717) is 0 Å². The molecule has 0 amide bonds. The topological polar surface area (TPSA) is 51.8 Å². The summed E-state index contributed by atoms with van der Waals surface area (Å²) in [4.78, 5) is 8.06. The van der Waals surface area contributed by atoms with E-state index in [0.717, 1.165) is 23.7 Å². The van der Waals surface area contributed by atoms with Crippen LogP contribution in [0.2, 0.25) is 0 Å². The first-order chi connectivity index (χ1) is 5.43. The molecular weight excluding hydrogens is 158 g/mol. The first-order valence-electron chi connectivity index (χ1n) is 3.52. The van der Waals surface area contributed by atoms with Gasteiger partial charge in [0.2, 0.25) is 0 Å². The van der Waals surface area contributed by atoms with Crippen LogP contribution in [0.5, 0.6) is 0 Å². The highest BCUT2D eigenvalue weighted by Crippen LogP contribution is 2.12. The van der Waals surface area contributed by atoms with Gasteiger partial charge in [0.1, 0.15) is 5.03 Å². The molecule has 0 fully saturated rings. The first kappa shape index (κ1) is 8.49. The second-order valence-electron chi connectivity index (χ2n) is 2.03. The van der Waals surface area contributed by atoms with Crippen molar-refractivity contribution in [2.24, 2.45) is 5.73 Å². The van der Waals surface area contributed by atoms with E-state index in [1.165, 1.54) is 0 Å².